The molecule has 0 saturated carbocycles. The van der Waals surface area contributed by atoms with Crippen LogP contribution < -0.4 is 0 Å². The van der Waals surface area contributed by atoms with Crippen molar-refractivity contribution >= 4 is 17.6 Å². The second-order valence-corrected chi connectivity index (χ2v) is 3.58. The van der Waals surface area contributed by atoms with Gasteiger partial charge >= 0.3 is 0 Å². The molecule has 11 heavy (non-hydrogen) atoms. The molecule has 56 valence electrons. The van der Waals surface area contributed by atoms with Crippen molar-refractivity contribution < 1.29 is 0 Å². The van der Waals surface area contributed by atoms with Crippen molar-refractivity contribution in [2.24, 2.45) is 0 Å². The maximum atomic E-state index is 4.13. The van der Waals surface area contributed by atoms with E-state index in [2.05, 4.69) is 29.5 Å². The fraction of sp³-hybridized carbons (Fsp3) is 0.222. The molecule has 0 aliphatic heterocycles. The summed E-state index contributed by atoms with van der Waals surface area (Å²) in [6, 6.07) is 0. The fourth-order valence-electron chi connectivity index (χ4n) is 1.11. The third-order valence-electron chi connectivity index (χ3n) is 1.81. The van der Waals surface area contributed by atoms with Gasteiger partial charge in [-0.1, -0.05) is 23.8 Å². The lowest BCUT2D eigenvalue weighted by Crippen LogP contribution is -1.75. The maximum Gasteiger partial charge on any atom is 0.0482 e. The molecule has 2 heteroatoms. The van der Waals surface area contributed by atoms with Crippen LogP contribution in [0.15, 0.2) is 23.9 Å². The summed E-state index contributed by atoms with van der Waals surface area (Å²) in [5, 5.41) is 0. The van der Waals surface area contributed by atoms with E-state index < -0.39 is 0 Å². The van der Waals surface area contributed by atoms with E-state index in [9.17, 15) is 0 Å². The summed E-state index contributed by atoms with van der Waals surface area (Å²) in [7, 11) is 0. The number of aromatic nitrogens is 1. The van der Waals surface area contributed by atoms with Gasteiger partial charge in [0, 0.05) is 23.1 Å². The second-order valence-electron chi connectivity index (χ2n) is 2.69. The Morgan fingerprint density at radius 3 is 3.27 bits per heavy atom. The molecule has 0 amide bonds. The standard InChI is InChI=1S/C9H9NS/c1-7-2-4-8-6-10-11-9(8)5-3-7/h2-4,6H,5H2,1H3. The van der Waals surface area contributed by atoms with E-state index in [4.69, 9.17) is 0 Å². The van der Waals surface area contributed by atoms with Crippen molar-refractivity contribution in [1.29, 1.82) is 0 Å². The zero-order valence-corrected chi connectivity index (χ0v) is 7.19. The normalized spacial score (nSPS) is 15.5. The lowest BCUT2D eigenvalue weighted by Gasteiger charge is -1.87. The van der Waals surface area contributed by atoms with Gasteiger partial charge in [0.05, 0.1) is 0 Å². The highest BCUT2D eigenvalue weighted by molar-refractivity contribution is 7.06. The Morgan fingerprint density at radius 1 is 1.45 bits per heavy atom. The first-order chi connectivity index (χ1) is 5.36. The van der Waals surface area contributed by atoms with E-state index in [1.165, 1.54) is 16.0 Å². The minimum Gasteiger partial charge on any atom is -0.200 e. The van der Waals surface area contributed by atoms with E-state index in [1.807, 2.05) is 6.20 Å². The van der Waals surface area contributed by atoms with Crippen LogP contribution >= 0.6 is 11.5 Å². The van der Waals surface area contributed by atoms with Gasteiger partial charge in [-0.2, -0.15) is 0 Å². The lowest BCUT2D eigenvalue weighted by atomic mass is 10.2. The zero-order chi connectivity index (χ0) is 7.68. The lowest BCUT2D eigenvalue weighted by molar-refractivity contribution is 1.30. The summed E-state index contributed by atoms with van der Waals surface area (Å²) in [6.07, 6.45) is 9.49. The number of allylic oxidation sites excluding steroid dienone is 3. The van der Waals surface area contributed by atoms with E-state index in [0.717, 1.165) is 6.42 Å². The molecule has 0 bridgehead atoms. The van der Waals surface area contributed by atoms with Crippen LogP contribution in [0, 0.1) is 0 Å². The minimum absolute atomic E-state index is 1.04. The molecule has 0 saturated heterocycles. The Morgan fingerprint density at radius 2 is 2.36 bits per heavy atom. The summed E-state index contributed by atoms with van der Waals surface area (Å²) < 4.78 is 4.13. The Balaban J connectivity index is 2.45. The molecule has 0 spiro atoms. The summed E-state index contributed by atoms with van der Waals surface area (Å²) in [5.74, 6) is 0. The Hall–Kier alpha value is -0.890. The third kappa shape index (κ3) is 1.26. The first-order valence-corrected chi connectivity index (χ1v) is 4.42. The first-order valence-electron chi connectivity index (χ1n) is 3.64. The predicted molar refractivity (Wildman–Crippen MR) is 48.6 cm³/mol. The van der Waals surface area contributed by atoms with Crippen LogP contribution in [-0.4, -0.2) is 4.37 Å². The third-order valence-corrected chi connectivity index (χ3v) is 2.65. The Labute approximate surface area is 70.2 Å². The number of rotatable bonds is 0. The van der Waals surface area contributed by atoms with E-state index >= 15 is 0 Å². The SMILES string of the molecule is CC1=CCc2sncc2C=C1. The molecular weight excluding hydrogens is 154 g/mol. The number of hydrogen-bond donors (Lipinski definition) is 0. The van der Waals surface area contributed by atoms with Crippen molar-refractivity contribution in [3.63, 3.8) is 0 Å². The molecule has 1 aliphatic rings. The van der Waals surface area contributed by atoms with Crippen LogP contribution in [0.5, 0.6) is 0 Å². The average molecular weight is 163 g/mol. The molecule has 1 aromatic heterocycles. The topological polar surface area (TPSA) is 12.9 Å². The van der Waals surface area contributed by atoms with Crippen LogP contribution in [0.4, 0.5) is 0 Å². The van der Waals surface area contributed by atoms with Gasteiger partial charge in [-0.05, 0) is 18.5 Å². The van der Waals surface area contributed by atoms with E-state index in [-0.39, 0.29) is 0 Å². The van der Waals surface area contributed by atoms with Crippen molar-refractivity contribution in [3.8, 4) is 0 Å². The van der Waals surface area contributed by atoms with Crippen molar-refractivity contribution in [3.05, 3.63) is 34.4 Å². The van der Waals surface area contributed by atoms with Crippen LogP contribution in [-0.2, 0) is 6.42 Å². The monoisotopic (exact) mass is 163 g/mol. The van der Waals surface area contributed by atoms with E-state index in [0.29, 0.717) is 0 Å². The van der Waals surface area contributed by atoms with Gasteiger partial charge in [-0.25, -0.2) is 4.37 Å². The molecule has 1 nitrogen and oxygen atoms in total. The van der Waals surface area contributed by atoms with Gasteiger partial charge in [-0.3, -0.25) is 0 Å². The van der Waals surface area contributed by atoms with Gasteiger partial charge in [-0.15, -0.1) is 0 Å². The number of fused-ring (bicyclic) bond motifs is 1. The molecular formula is C9H9NS. The Kier molecular flexibility index (Phi) is 1.62. The van der Waals surface area contributed by atoms with Crippen molar-refractivity contribution in [1.82, 2.24) is 4.37 Å². The molecule has 0 aromatic carbocycles. The fourth-order valence-corrected chi connectivity index (χ4v) is 1.78. The quantitative estimate of drug-likeness (QED) is 0.573. The summed E-state index contributed by atoms with van der Waals surface area (Å²) >= 11 is 1.59. The molecule has 1 aromatic rings. The number of hydrogen-bond acceptors (Lipinski definition) is 2. The Bertz CT molecular complexity index is 320. The predicted octanol–water partition coefficient (Wildman–Crippen LogP) is 2.66. The van der Waals surface area contributed by atoms with Gasteiger partial charge in [0.2, 0.25) is 0 Å². The molecule has 1 aliphatic carbocycles. The summed E-state index contributed by atoms with van der Waals surface area (Å²) in [5.41, 5.74) is 2.62. The molecule has 0 fully saturated rings. The second kappa shape index (κ2) is 2.62. The molecule has 0 atom stereocenters. The van der Waals surface area contributed by atoms with Crippen LogP contribution in [0.3, 0.4) is 0 Å². The molecule has 0 unspecified atom stereocenters. The molecule has 1 heterocycles. The maximum absolute atomic E-state index is 4.13. The first kappa shape index (κ1) is 6.80. The van der Waals surface area contributed by atoms with Crippen molar-refractivity contribution in [2.45, 2.75) is 13.3 Å². The van der Waals surface area contributed by atoms with Crippen molar-refractivity contribution in [2.75, 3.05) is 0 Å². The van der Waals surface area contributed by atoms with Crippen LogP contribution in [0.25, 0.3) is 6.08 Å². The number of nitrogens with zero attached hydrogens (tertiary/aromatic N) is 1. The van der Waals surface area contributed by atoms with Crippen LogP contribution in [0.1, 0.15) is 17.4 Å². The average Bonchev–Trinajstić information content (AvgIpc) is 2.38. The highest BCUT2D eigenvalue weighted by Gasteiger charge is 2.03. The largest absolute Gasteiger partial charge is 0.200 e. The van der Waals surface area contributed by atoms with Crippen LogP contribution in [0.2, 0.25) is 0 Å². The molecule has 0 N–H and O–H groups in total. The van der Waals surface area contributed by atoms with Gasteiger partial charge in [0.1, 0.15) is 0 Å². The van der Waals surface area contributed by atoms with E-state index in [1.54, 1.807) is 11.5 Å². The van der Waals surface area contributed by atoms with Gasteiger partial charge < -0.3 is 0 Å². The smallest absolute Gasteiger partial charge is 0.0482 e. The minimum atomic E-state index is 1.04. The molecule has 0 radical (unpaired) electrons. The summed E-state index contributed by atoms with van der Waals surface area (Å²) in [6.45, 7) is 2.13. The molecule has 2 rings (SSSR count). The van der Waals surface area contributed by atoms with Gasteiger partial charge in [0.25, 0.3) is 0 Å². The summed E-state index contributed by atoms with van der Waals surface area (Å²) in [4.78, 5) is 1.37. The highest BCUT2D eigenvalue weighted by Crippen LogP contribution is 2.20. The van der Waals surface area contributed by atoms with Gasteiger partial charge in [0.15, 0.2) is 0 Å². The zero-order valence-electron chi connectivity index (χ0n) is 6.37. The highest BCUT2D eigenvalue weighted by atomic mass is 32.1.